The van der Waals surface area contributed by atoms with Crippen LogP contribution in [0.25, 0.3) is 11.0 Å². The number of hydrogen-bond acceptors (Lipinski definition) is 7. The van der Waals surface area contributed by atoms with Crippen molar-refractivity contribution >= 4 is 56.3 Å². The number of nitrogens with zero attached hydrogens (tertiary/aromatic N) is 2. The van der Waals surface area contributed by atoms with Gasteiger partial charge in [-0.05, 0) is 24.3 Å². The molecule has 1 aromatic heterocycles. The first-order valence-electron chi connectivity index (χ1n) is 10.0. The zero-order valence-electron chi connectivity index (χ0n) is 17.3. The first-order valence-corrected chi connectivity index (χ1v) is 12.2. The number of hydrogen-bond donors (Lipinski definition) is 3. The van der Waals surface area contributed by atoms with Gasteiger partial charge < -0.3 is 19.2 Å². The molecule has 0 bridgehead atoms. The number of amides is 2. The molecular formula is C20H21Cl2N5O5S. The lowest BCUT2D eigenvalue weighted by Gasteiger charge is -2.26. The van der Waals surface area contributed by atoms with E-state index in [2.05, 4.69) is 25.5 Å². The first kappa shape index (κ1) is 23.6. The summed E-state index contributed by atoms with van der Waals surface area (Å²) in [4.78, 5) is 21.2. The zero-order chi connectivity index (χ0) is 23.4. The summed E-state index contributed by atoms with van der Waals surface area (Å²) in [5, 5.41) is 5.31. The lowest BCUT2D eigenvalue weighted by molar-refractivity contribution is 0.0388. The molecule has 2 aromatic carbocycles. The van der Waals surface area contributed by atoms with Crippen LogP contribution < -0.4 is 14.8 Å². The molecule has 13 heteroatoms. The Morgan fingerprint density at radius 3 is 2.64 bits per heavy atom. The molecule has 176 valence electrons. The normalized spacial score (nSPS) is 14.8. The molecule has 1 aliphatic rings. The number of anilines is 1. The largest absolute Gasteiger partial charge is 0.379 e. The van der Waals surface area contributed by atoms with Gasteiger partial charge >= 0.3 is 16.1 Å². The molecule has 0 saturated carbocycles. The number of carbonyl (C=O) groups is 1. The van der Waals surface area contributed by atoms with Crippen molar-refractivity contribution in [1.29, 1.82) is 0 Å². The van der Waals surface area contributed by atoms with Gasteiger partial charge in [-0.2, -0.15) is 8.42 Å². The van der Waals surface area contributed by atoms with E-state index in [0.29, 0.717) is 30.8 Å². The van der Waals surface area contributed by atoms with Crippen molar-refractivity contribution in [2.75, 3.05) is 44.7 Å². The molecule has 4 rings (SSSR count). The van der Waals surface area contributed by atoms with Crippen molar-refractivity contribution in [3.63, 3.8) is 0 Å². The van der Waals surface area contributed by atoms with Gasteiger partial charge in [-0.25, -0.2) is 9.78 Å². The molecule has 1 aliphatic heterocycles. The van der Waals surface area contributed by atoms with Gasteiger partial charge in [-0.1, -0.05) is 29.3 Å². The maximum absolute atomic E-state index is 12.7. The van der Waals surface area contributed by atoms with Crippen LogP contribution in [-0.4, -0.2) is 68.7 Å². The van der Waals surface area contributed by atoms with E-state index < -0.39 is 16.1 Å². The van der Waals surface area contributed by atoms with Crippen LogP contribution in [0, 0.1) is 0 Å². The lowest BCUT2D eigenvalue weighted by atomic mass is 10.3. The molecule has 2 heterocycles. The Hall–Kier alpha value is -2.57. The molecular weight excluding hydrogens is 493 g/mol. The Morgan fingerprint density at radius 1 is 1.18 bits per heavy atom. The van der Waals surface area contributed by atoms with E-state index in [-0.39, 0.29) is 26.6 Å². The van der Waals surface area contributed by atoms with Crippen molar-refractivity contribution in [2.24, 2.45) is 0 Å². The van der Waals surface area contributed by atoms with Gasteiger partial charge in [0.05, 0.1) is 34.3 Å². The molecule has 0 aliphatic carbocycles. The van der Waals surface area contributed by atoms with Crippen LogP contribution in [0.1, 0.15) is 0 Å². The highest BCUT2D eigenvalue weighted by atomic mass is 35.5. The number of H-pyrrole nitrogens is 1. The van der Waals surface area contributed by atoms with Crippen molar-refractivity contribution in [1.82, 2.24) is 20.2 Å². The van der Waals surface area contributed by atoms with E-state index in [1.807, 2.05) is 0 Å². The number of carbonyl (C=O) groups excluding carboxylic acids is 1. The fourth-order valence-electron chi connectivity index (χ4n) is 3.29. The summed E-state index contributed by atoms with van der Waals surface area (Å²) in [7, 11) is -4.26. The third kappa shape index (κ3) is 5.87. The van der Waals surface area contributed by atoms with E-state index in [1.54, 1.807) is 6.07 Å². The standard InChI is InChI=1S/C20H21Cl2N5O5S/c21-14-2-1-3-15(22)18(14)33(29,30)32-13-4-5-16-17(12-13)25-19(24-16)26-20(28)23-6-7-27-8-10-31-11-9-27/h1-5,12H,6-11H2,(H3,23,24,25,26,28). The Morgan fingerprint density at radius 2 is 1.91 bits per heavy atom. The van der Waals surface area contributed by atoms with Gasteiger partial charge in [0, 0.05) is 32.2 Å². The van der Waals surface area contributed by atoms with E-state index in [1.165, 1.54) is 30.3 Å². The molecule has 3 N–H and O–H groups in total. The second kappa shape index (κ2) is 10.1. The molecule has 0 radical (unpaired) electrons. The summed E-state index contributed by atoms with van der Waals surface area (Å²) in [6.07, 6.45) is 0. The summed E-state index contributed by atoms with van der Waals surface area (Å²) in [6.45, 7) is 4.28. The number of halogens is 2. The molecule has 0 spiro atoms. The van der Waals surface area contributed by atoms with Crippen molar-refractivity contribution in [2.45, 2.75) is 4.90 Å². The number of imidazole rings is 1. The third-order valence-corrected chi connectivity index (χ3v) is 7.08. The Bertz CT molecular complexity index is 1240. The number of rotatable bonds is 7. The predicted molar refractivity (Wildman–Crippen MR) is 125 cm³/mol. The Kier molecular flexibility index (Phi) is 7.25. The average Bonchev–Trinajstić information content (AvgIpc) is 3.15. The van der Waals surface area contributed by atoms with Gasteiger partial charge in [-0.3, -0.25) is 10.2 Å². The molecule has 0 atom stereocenters. The summed E-state index contributed by atoms with van der Waals surface area (Å²) in [6, 6.07) is 8.40. The van der Waals surface area contributed by atoms with Crippen LogP contribution in [-0.2, 0) is 14.9 Å². The molecule has 1 fully saturated rings. The molecule has 3 aromatic rings. The quantitative estimate of drug-likeness (QED) is 0.414. The SMILES string of the molecule is O=C(NCCN1CCOCC1)Nc1nc2ccc(OS(=O)(=O)c3c(Cl)cccc3Cl)cc2[nH]1. The van der Waals surface area contributed by atoms with E-state index in [9.17, 15) is 13.2 Å². The average molecular weight is 514 g/mol. The fourth-order valence-corrected chi connectivity index (χ4v) is 5.31. The van der Waals surface area contributed by atoms with Crippen LogP contribution in [0.4, 0.5) is 10.7 Å². The van der Waals surface area contributed by atoms with Crippen molar-refractivity contribution < 1.29 is 22.1 Å². The molecule has 2 amide bonds. The number of fused-ring (bicyclic) bond motifs is 1. The summed E-state index contributed by atoms with van der Waals surface area (Å²) in [5.41, 5.74) is 0.982. The van der Waals surface area contributed by atoms with Gasteiger partial charge in [0.25, 0.3) is 0 Å². The lowest BCUT2D eigenvalue weighted by Crippen LogP contribution is -2.42. The third-order valence-electron chi connectivity index (χ3n) is 4.88. The zero-order valence-corrected chi connectivity index (χ0v) is 19.6. The minimum absolute atomic E-state index is 0.0312. The molecule has 10 nitrogen and oxygen atoms in total. The van der Waals surface area contributed by atoms with E-state index >= 15 is 0 Å². The second-order valence-corrected chi connectivity index (χ2v) is 9.49. The fraction of sp³-hybridized carbons (Fsp3) is 0.300. The smallest absolute Gasteiger partial charge is 0.342 e. The summed E-state index contributed by atoms with van der Waals surface area (Å²) >= 11 is 12.0. The van der Waals surface area contributed by atoms with Crippen LogP contribution in [0.5, 0.6) is 5.75 Å². The number of nitrogens with one attached hydrogen (secondary N) is 3. The summed E-state index contributed by atoms with van der Waals surface area (Å²) < 4.78 is 35.8. The molecule has 1 saturated heterocycles. The van der Waals surface area contributed by atoms with E-state index in [0.717, 1.165) is 19.6 Å². The highest BCUT2D eigenvalue weighted by molar-refractivity contribution is 7.87. The van der Waals surface area contributed by atoms with E-state index in [4.69, 9.17) is 32.1 Å². The highest BCUT2D eigenvalue weighted by Gasteiger charge is 2.24. The maximum Gasteiger partial charge on any atom is 0.342 e. The van der Waals surface area contributed by atoms with Gasteiger partial charge in [0.1, 0.15) is 10.6 Å². The Balaban J connectivity index is 1.39. The van der Waals surface area contributed by atoms with Crippen LogP contribution in [0.3, 0.4) is 0 Å². The minimum Gasteiger partial charge on any atom is -0.379 e. The molecule has 0 unspecified atom stereocenters. The van der Waals surface area contributed by atoms with Gasteiger partial charge in [0.15, 0.2) is 0 Å². The topological polar surface area (TPSA) is 126 Å². The van der Waals surface area contributed by atoms with Crippen molar-refractivity contribution in [3.05, 3.63) is 46.4 Å². The second-order valence-electron chi connectivity index (χ2n) is 7.19. The highest BCUT2D eigenvalue weighted by Crippen LogP contribution is 2.32. The van der Waals surface area contributed by atoms with Crippen LogP contribution in [0.15, 0.2) is 41.3 Å². The first-order chi connectivity index (χ1) is 15.8. The van der Waals surface area contributed by atoms with Gasteiger partial charge in [-0.15, -0.1) is 0 Å². The summed E-state index contributed by atoms with van der Waals surface area (Å²) in [5.74, 6) is 0.242. The number of morpholine rings is 1. The van der Waals surface area contributed by atoms with Crippen LogP contribution in [0.2, 0.25) is 10.0 Å². The number of benzene rings is 2. The predicted octanol–water partition coefficient (Wildman–Crippen LogP) is 3.09. The van der Waals surface area contributed by atoms with Crippen molar-refractivity contribution in [3.8, 4) is 5.75 Å². The maximum atomic E-state index is 12.7. The number of urea groups is 1. The van der Waals surface area contributed by atoms with Crippen LogP contribution >= 0.6 is 23.2 Å². The number of aromatic nitrogens is 2. The number of aromatic amines is 1. The number of ether oxygens (including phenoxy) is 1. The molecule has 33 heavy (non-hydrogen) atoms. The van der Waals surface area contributed by atoms with Gasteiger partial charge in [0.2, 0.25) is 5.95 Å². The minimum atomic E-state index is -4.26. The Labute approximate surface area is 200 Å². The monoisotopic (exact) mass is 513 g/mol.